The van der Waals surface area contributed by atoms with Gasteiger partial charge in [0, 0.05) is 42.3 Å². The summed E-state index contributed by atoms with van der Waals surface area (Å²) in [6, 6.07) is 9.27. The van der Waals surface area contributed by atoms with E-state index < -0.39 is 0 Å². The molecule has 0 saturated carbocycles. The molecule has 1 amide bonds. The van der Waals surface area contributed by atoms with Gasteiger partial charge in [0.25, 0.3) is 5.91 Å². The van der Waals surface area contributed by atoms with Gasteiger partial charge in [-0.2, -0.15) is 0 Å². The molecule has 0 radical (unpaired) electrons. The fraction of sp³-hybridized carbons (Fsp3) is 0.312. The highest BCUT2D eigenvalue weighted by Gasteiger charge is 2.16. The minimum absolute atomic E-state index is 0.0597. The molecule has 3 N–H and O–H groups in total. The van der Waals surface area contributed by atoms with Gasteiger partial charge in [-0.1, -0.05) is 6.07 Å². The lowest BCUT2D eigenvalue weighted by molar-refractivity contribution is 0.0947. The second kappa shape index (κ2) is 6.28. The maximum Gasteiger partial charge on any atom is 0.251 e. The number of carbonyl (C=O) groups excluding carboxylic acids is 1. The fourth-order valence-electron chi connectivity index (χ4n) is 2.61. The van der Waals surface area contributed by atoms with E-state index in [1.807, 2.05) is 11.3 Å². The van der Waals surface area contributed by atoms with Gasteiger partial charge in [0.05, 0.1) is 0 Å². The lowest BCUT2D eigenvalue weighted by Gasteiger charge is -2.26. The molecule has 0 unspecified atom stereocenters. The van der Waals surface area contributed by atoms with E-state index in [9.17, 15) is 4.79 Å². The number of benzene rings is 1. The number of rotatable bonds is 4. The monoisotopic (exact) mass is 301 g/mol. The molecular weight excluding hydrogens is 282 g/mol. The first kappa shape index (κ1) is 14.1. The van der Waals surface area contributed by atoms with Crippen molar-refractivity contribution in [2.45, 2.75) is 13.0 Å². The van der Waals surface area contributed by atoms with Gasteiger partial charge >= 0.3 is 0 Å². The molecule has 0 fully saturated rings. The zero-order valence-corrected chi connectivity index (χ0v) is 12.7. The van der Waals surface area contributed by atoms with Crippen LogP contribution in [0.15, 0.2) is 35.7 Å². The van der Waals surface area contributed by atoms with Crippen LogP contribution in [0.25, 0.3) is 0 Å². The van der Waals surface area contributed by atoms with E-state index in [0.717, 1.165) is 26.1 Å². The van der Waals surface area contributed by atoms with Crippen molar-refractivity contribution in [1.82, 2.24) is 10.2 Å². The van der Waals surface area contributed by atoms with Crippen molar-refractivity contribution in [3.05, 3.63) is 51.7 Å². The molecule has 2 aromatic rings. The third kappa shape index (κ3) is 3.43. The number of nitrogens with two attached hydrogens (primary N) is 1. The first-order valence-electron chi connectivity index (χ1n) is 7.14. The quantitative estimate of drug-likeness (QED) is 0.851. The average Bonchev–Trinajstić information content (AvgIpc) is 2.94. The molecule has 110 valence electrons. The van der Waals surface area contributed by atoms with Crippen molar-refractivity contribution >= 4 is 22.9 Å². The largest absolute Gasteiger partial charge is 0.399 e. The Morgan fingerprint density at radius 1 is 1.38 bits per heavy atom. The molecule has 0 bridgehead atoms. The van der Waals surface area contributed by atoms with Crippen molar-refractivity contribution in [2.75, 3.05) is 25.4 Å². The molecule has 0 atom stereocenters. The van der Waals surface area contributed by atoms with Crippen molar-refractivity contribution in [3.63, 3.8) is 0 Å². The second-order valence-electron chi connectivity index (χ2n) is 5.28. The average molecular weight is 301 g/mol. The molecule has 2 heterocycles. The second-order valence-corrected chi connectivity index (χ2v) is 6.28. The number of nitrogens with zero attached hydrogens (tertiary/aromatic N) is 1. The van der Waals surface area contributed by atoms with Crippen molar-refractivity contribution in [1.29, 1.82) is 0 Å². The molecule has 4 nitrogen and oxygen atoms in total. The minimum Gasteiger partial charge on any atom is -0.399 e. The number of anilines is 1. The topological polar surface area (TPSA) is 58.4 Å². The van der Waals surface area contributed by atoms with E-state index in [-0.39, 0.29) is 5.91 Å². The van der Waals surface area contributed by atoms with E-state index in [0.29, 0.717) is 17.8 Å². The molecule has 5 heteroatoms. The summed E-state index contributed by atoms with van der Waals surface area (Å²) in [7, 11) is 0. The molecule has 0 spiro atoms. The normalized spacial score (nSPS) is 14.7. The number of hydrogen-bond donors (Lipinski definition) is 2. The number of nitrogens with one attached hydrogen (secondary N) is 1. The number of fused-ring (bicyclic) bond motifs is 1. The summed E-state index contributed by atoms with van der Waals surface area (Å²) in [5.74, 6) is -0.0597. The van der Waals surface area contributed by atoms with Gasteiger partial charge in [-0.25, -0.2) is 0 Å². The summed E-state index contributed by atoms with van der Waals surface area (Å²) in [6.45, 7) is 3.60. The number of hydrogen-bond acceptors (Lipinski definition) is 4. The predicted octanol–water partition coefficient (Wildman–Crippen LogP) is 2.12. The molecule has 0 saturated heterocycles. The third-order valence-electron chi connectivity index (χ3n) is 3.75. The highest BCUT2D eigenvalue weighted by molar-refractivity contribution is 7.10. The summed E-state index contributed by atoms with van der Waals surface area (Å²) < 4.78 is 0. The summed E-state index contributed by atoms with van der Waals surface area (Å²) >= 11 is 1.85. The molecule has 21 heavy (non-hydrogen) atoms. The van der Waals surface area contributed by atoms with Gasteiger partial charge in [-0.15, -0.1) is 11.3 Å². The van der Waals surface area contributed by atoms with Gasteiger partial charge in [0.1, 0.15) is 0 Å². The van der Waals surface area contributed by atoms with Crippen LogP contribution in [0, 0.1) is 0 Å². The Labute approximate surface area is 128 Å². The zero-order valence-electron chi connectivity index (χ0n) is 11.8. The standard InChI is InChI=1S/C16H19N3OS/c17-14-3-1-2-12(10-14)16(20)18-6-8-19-7-4-15-13(11-19)5-9-21-15/h1-3,5,9-10H,4,6-8,11,17H2,(H,18,20). The molecule has 1 aliphatic rings. The van der Waals surface area contributed by atoms with Gasteiger partial charge in [0.2, 0.25) is 0 Å². The van der Waals surface area contributed by atoms with Gasteiger partial charge < -0.3 is 11.1 Å². The Balaban J connectivity index is 1.47. The summed E-state index contributed by atoms with van der Waals surface area (Å²) in [5, 5.41) is 5.12. The SMILES string of the molecule is Nc1cccc(C(=O)NCCN2CCc3sccc3C2)c1. The third-order valence-corrected chi connectivity index (χ3v) is 4.77. The van der Waals surface area contributed by atoms with E-state index in [1.165, 1.54) is 10.4 Å². The first-order chi connectivity index (χ1) is 10.2. The number of thiophene rings is 1. The molecule has 1 aliphatic heterocycles. The van der Waals surface area contributed by atoms with E-state index in [4.69, 9.17) is 5.73 Å². The van der Waals surface area contributed by atoms with Crippen LogP contribution in [0.3, 0.4) is 0 Å². The first-order valence-corrected chi connectivity index (χ1v) is 8.01. The minimum atomic E-state index is -0.0597. The smallest absolute Gasteiger partial charge is 0.251 e. The number of amides is 1. The van der Waals surface area contributed by atoms with Crippen molar-refractivity contribution in [3.8, 4) is 0 Å². The number of nitrogen functional groups attached to an aromatic ring is 1. The predicted molar refractivity (Wildman–Crippen MR) is 86.5 cm³/mol. The van der Waals surface area contributed by atoms with Crippen LogP contribution >= 0.6 is 11.3 Å². The molecule has 1 aromatic heterocycles. The van der Waals surface area contributed by atoms with Gasteiger partial charge in [-0.3, -0.25) is 9.69 Å². The lowest BCUT2D eigenvalue weighted by Crippen LogP contribution is -2.37. The summed E-state index contributed by atoms with van der Waals surface area (Å²) in [6.07, 6.45) is 1.12. The van der Waals surface area contributed by atoms with Crippen molar-refractivity contribution in [2.24, 2.45) is 0 Å². The Hall–Kier alpha value is -1.85. The van der Waals surface area contributed by atoms with Crippen molar-refractivity contribution < 1.29 is 4.79 Å². The highest BCUT2D eigenvalue weighted by atomic mass is 32.1. The van der Waals surface area contributed by atoms with Gasteiger partial charge in [0.15, 0.2) is 0 Å². The van der Waals surface area contributed by atoms with Crippen LogP contribution in [0.2, 0.25) is 0 Å². The number of carbonyl (C=O) groups is 1. The summed E-state index contributed by atoms with van der Waals surface area (Å²) in [5.41, 5.74) is 8.36. The zero-order chi connectivity index (χ0) is 14.7. The van der Waals surface area contributed by atoms with E-state index in [2.05, 4.69) is 21.7 Å². The maximum atomic E-state index is 12.0. The van der Waals surface area contributed by atoms with Crippen LogP contribution in [-0.2, 0) is 13.0 Å². The lowest BCUT2D eigenvalue weighted by atomic mass is 10.1. The summed E-state index contributed by atoms with van der Waals surface area (Å²) in [4.78, 5) is 15.9. The van der Waals surface area contributed by atoms with Crippen LogP contribution in [0.4, 0.5) is 5.69 Å². The maximum absolute atomic E-state index is 12.0. The van der Waals surface area contributed by atoms with E-state index in [1.54, 1.807) is 24.3 Å². The van der Waals surface area contributed by atoms with Gasteiger partial charge in [-0.05, 0) is 41.6 Å². The van der Waals surface area contributed by atoms with Crippen LogP contribution < -0.4 is 11.1 Å². The molecular formula is C16H19N3OS. The van der Waals surface area contributed by atoms with Crippen LogP contribution in [0.5, 0.6) is 0 Å². The van der Waals surface area contributed by atoms with Crippen LogP contribution in [-0.4, -0.2) is 30.4 Å². The Kier molecular flexibility index (Phi) is 4.22. The highest BCUT2D eigenvalue weighted by Crippen LogP contribution is 2.23. The molecule has 1 aromatic carbocycles. The Bertz CT molecular complexity index is 638. The Morgan fingerprint density at radius 2 is 2.29 bits per heavy atom. The molecule has 3 rings (SSSR count). The molecule has 0 aliphatic carbocycles. The Morgan fingerprint density at radius 3 is 3.14 bits per heavy atom. The van der Waals surface area contributed by atoms with E-state index >= 15 is 0 Å². The van der Waals surface area contributed by atoms with Crippen LogP contribution in [0.1, 0.15) is 20.8 Å². The fourth-order valence-corrected chi connectivity index (χ4v) is 3.50.